The van der Waals surface area contributed by atoms with Crippen LogP contribution < -0.4 is 0 Å². The molecule has 0 heterocycles. The first-order valence-corrected chi connectivity index (χ1v) is 3.10. The molecule has 10 heavy (non-hydrogen) atoms. The van der Waals surface area contributed by atoms with E-state index in [2.05, 4.69) is 4.51 Å². The van der Waals surface area contributed by atoms with Crippen molar-refractivity contribution in [3.63, 3.8) is 0 Å². The number of rotatable bonds is 1. The van der Waals surface area contributed by atoms with Crippen LogP contribution in [0.2, 0.25) is 0 Å². The molecule has 0 spiro atoms. The summed E-state index contributed by atoms with van der Waals surface area (Å²) >= 11 is 5.07. The second kappa shape index (κ2) is 3.22. The van der Waals surface area contributed by atoms with Crippen LogP contribution in [0.1, 0.15) is 5.56 Å². The molecule has 1 N–H and O–H groups in total. The quantitative estimate of drug-likeness (QED) is 0.618. The van der Waals surface area contributed by atoms with Gasteiger partial charge in [-0.1, -0.05) is 12.1 Å². The molecule has 1 rings (SSSR count). The van der Waals surface area contributed by atoms with Crippen LogP contribution in [0.3, 0.4) is 0 Å². The Morgan fingerprint density at radius 3 is 2.70 bits per heavy atom. The van der Waals surface area contributed by atoms with Gasteiger partial charge in [0.05, 0.1) is 6.21 Å². The first kappa shape index (κ1) is 7.09. The van der Waals surface area contributed by atoms with E-state index in [1.807, 2.05) is 0 Å². The minimum absolute atomic E-state index is 0.187. The van der Waals surface area contributed by atoms with E-state index in [1.54, 1.807) is 24.3 Å². The zero-order valence-electron chi connectivity index (χ0n) is 5.16. The number of aromatic hydroxyl groups is 1. The number of hydrogen-bond donors (Lipinski definition) is 1. The minimum atomic E-state index is 0.187. The van der Waals surface area contributed by atoms with E-state index in [1.165, 1.54) is 6.21 Å². The number of phenolic OH excluding ortho intramolecular Hbond substituents is 1. The van der Waals surface area contributed by atoms with Gasteiger partial charge in [-0.3, -0.25) is 0 Å². The summed E-state index contributed by atoms with van der Waals surface area (Å²) in [7, 11) is 0. The highest BCUT2D eigenvalue weighted by atomic mass is 35.5. The highest BCUT2D eigenvalue weighted by molar-refractivity contribution is 6.18. The molecule has 0 radical (unpaired) electrons. The van der Waals surface area contributed by atoms with E-state index in [9.17, 15) is 0 Å². The molecule has 0 aliphatic rings. The minimum Gasteiger partial charge on any atom is -0.507 e. The average Bonchev–Trinajstić information content (AvgIpc) is 1.94. The Labute approximate surface area is 63.9 Å². The third-order valence-corrected chi connectivity index (χ3v) is 1.22. The van der Waals surface area contributed by atoms with Gasteiger partial charge in [-0.05, 0) is 12.1 Å². The predicted octanol–water partition coefficient (Wildman–Crippen LogP) is 1.96. The van der Waals surface area contributed by atoms with Crippen molar-refractivity contribution in [2.45, 2.75) is 0 Å². The Morgan fingerprint density at radius 2 is 2.10 bits per heavy atom. The molecule has 0 aromatic heterocycles. The highest BCUT2D eigenvalue weighted by Crippen LogP contribution is 2.12. The highest BCUT2D eigenvalue weighted by Gasteiger charge is 1.92. The van der Waals surface area contributed by atoms with Crippen LogP contribution in [0.25, 0.3) is 0 Å². The van der Waals surface area contributed by atoms with Gasteiger partial charge in [-0.25, -0.2) is 0 Å². The maximum Gasteiger partial charge on any atom is 0.124 e. The molecular weight excluding hydrogens is 150 g/mol. The summed E-state index contributed by atoms with van der Waals surface area (Å²) in [6.07, 6.45) is 1.39. The Bertz CT molecular complexity index is 247. The Hall–Kier alpha value is -1.02. The summed E-state index contributed by atoms with van der Waals surface area (Å²) in [4.78, 5) is 0. The molecule has 3 heteroatoms. The van der Waals surface area contributed by atoms with Crippen molar-refractivity contribution in [3.8, 4) is 5.75 Å². The Morgan fingerprint density at radius 1 is 1.40 bits per heavy atom. The fraction of sp³-hybridized carbons (Fsp3) is 0. The van der Waals surface area contributed by atoms with Gasteiger partial charge < -0.3 is 5.11 Å². The lowest BCUT2D eigenvalue weighted by Gasteiger charge is -1.93. The van der Waals surface area contributed by atoms with E-state index in [0.717, 1.165) is 0 Å². The number of para-hydroxylation sites is 1. The molecule has 0 saturated carbocycles. The molecular formula is C7H6ClNO. The van der Waals surface area contributed by atoms with E-state index in [0.29, 0.717) is 5.56 Å². The molecule has 0 atom stereocenters. The van der Waals surface area contributed by atoms with Crippen LogP contribution in [0.5, 0.6) is 5.75 Å². The maximum atomic E-state index is 9.09. The first-order valence-electron chi connectivity index (χ1n) is 2.77. The number of nitrogens with zero attached hydrogens (tertiary/aromatic N) is 1. The van der Waals surface area contributed by atoms with Gasteiger partial charge in [0.25, 0.3) is 0 Å². The fourth-order valence-corrected chi connectivity index (χ4v) is 0.754. The van der Waals surface area contributed by atoms with E-state index >= 15 is 0 Å². The van der Waals surface area contributed by atoms with Crippen molar-refractivity contribution in [2.24, 2.45) is 4.51 Å². The first-order chi connectivity index (χ1) is 4.84. The number of phenols is 1. The second-order valence-electron chi connectivity index (χ2n) is 1.79. The molecule has 0 bridgehead atoms. The topological polar surface area (TPSA) is 32.6 Å². The van der Waals surface area contributed by atoms with E-state index in [-0.39, 0.29) is 5.75 Å². The molecule has 0 aliphatic carbocycles. The normalized spacial score (nSPS) is 10.5. The van der Waals surface area contributed by atoms with Gasteiger partial charge in [0, 0.05) is 17.3 Å². The standard InChI is InChI=1S/C7H6ClNO/c8-9-5-6-3-1-2-4-7(6)10/h1-5,10H. The van der Waals surface area contributed by atoms with Crippen molar-refractivity contribution in [1.29, 1.82) is 0 Å². The van der Waals surface area contributed by atoms with Crippen LogP contribution in [0.15, 0.2) is 28.8 Å². The monoisotopic (exact) mass is 155 g/mol. The molecule has 2 nitrogen and oxygen atoms in total. The number of halogens is 1. The third kappa shape index (κ3) is 1.48. The summed E-state index contributed by atoms with van der Waals surface area (Å²) in [5.74, 6) is 0.187. The molecule has 1 aromatic rings. The zero-order valence-corrected chi connectivity index (χ0v) is 5.92. The van der Waals surface area contributed by atoms with Crippen molar-refractivity contribution < 1.29 is 5.11 Å². The molecule has 0 saturated heterocycles. The van der Waals surface area contributed by atoms with E-state index < -0.39 is 0 Å². The van der Waals surface area contributed by atoms with Crippen LogP contribution in [-0.4, -0.2) is 11.3 Å². The van der Waals surface area contributed by atoms with Gasteiger partial charge in [0.1, 0.15) is 5.75 Å². The number of benzene rings is 1. The smallest absolute Gasteiger partial charge is 0.124 e. The second-order valence-corrected chi connectivity index (χ2v) is 1.98. The van der Waals surface area contributed by atoms with Gasteiger partial charge in [-0.2, -0.15) is 4.51 Å². The van der Waals surface area contributed by atoms with Crippen LogP contribution in [-0.2, 0) is 0 Å². The van der Waals surface area contributed by atoms with Crippen molar-refractivity contribution in [2.75, 3.05) is 0 Å². The zero-order chi connectivity index (χ0) is 7.40. The summed E-state index contributed by atoms with van der Waals surface area (Å²) < 4.78 is 3.25. The van der Waals surface area contributed by atoms with Crippen molar-refractivity contribution >= 4 is 18.0 Å². The predicted molar refractivity (Wildman–Crippen MR) is 41.6 cm³/mol. The number of hydrogen-bond acceptors (Lipinski definition) is 2. The SMILES string of the molecule is Oc1ccccc1C=NCl. The Balaban J connectivity index is 3.03. The molecule has 0 amide bonds. The molecule has 0 aliphatic heterocycles. The lowest BCUT2D eigenvalue weighted by Crippen LogP contribution is -1.78. The molecule has 0 unspecified atom stereocenters. The Kier molecular flexibility index (Phi) is 2.29. The molecule has 1 aromatic carbocycles. The summed E-state index contributed by atoms with van der Waals surface area (Å²) in [5, 5.41) is 9.09. The maximum absolute atomic E-state index is 9.09. The van der Waals surface area contributed by atoms with Gasteiger partial charge in [-0.15, -0.1) is 0 Å². The largest absolute Gasteiger partial charge is 0.507 e. The van der Waals surface area contributed by atoms with E-state index in [4.69, 9.17) is 16.9 Å². The lowest BCUT2D eigenvalue weighted by molar-refractivity contribution is 0.474. The van der Waals surface area contributed by atoms with Crippen molar-refractivity contribution in [1.82, 2.24) is 0 Å². The molecule has 52 valence electrons. The summed E-state index contributed by atoms with van der Waals surface area (Å²) in [6.45, 7) is 0. The van der Waals surface area contributed by atoms with Crippen molar-refractivity contribution in [3.05, 3.63) is 29.8 Å². The third-order valence-electron chi connectivity index (χ3n) is 1.12. The van der Waals surface area contributed by atoms with Crippen LogP contribution >= 0.6 is 11.8 Å². The van der Waals surface area contributed by atoms with Gasteiger partial charge in [0.2, 0.25) is 0 Å². The average molecular weight is 156 g/mol. The van der Waals surface area contributed by atoms with Crippen LogP contribution in [0.4, 0.5) is 0 Å². The fourth-order valence-electron chi connectivity index (χ4n) is 0.649. The summed E-state index contributed by atoms with van der Waals surface area (Å²) in [6, 6.07) is 6.84. The molecule has 0 fully saturated rings. The summed E-state index contributed by atoms with van der Waals surface area (Å²) in [5.41, 5.74) is 0.623. The van der Waals surface area contributed by atoms with Crippen LogP contribution in [0, 0.1) is 0 Å². The lowest BCUT2D eigenvalue weighted by atomic mass is 10.2. The van der Waals surface area contributed by atoms with Gasteiger partial charge in [0.15, 0.2) is 0 Å². The van der Waals surface area contributed by atoms with Gasteiger partial charge >= 0.3 is 0 Å².